The summed E-state index contributed by atoms with van der Waals surface area (Å²) in [6.45, 7) is 5.57. The van der Waals surface area contributed by atoms with Gasteiger partial charge in [-0.1, -0.05) is 19.1 Å². The number of hydrogen-bond donors (Lipinski definition) is 1. The highest BCUT2D eigenvalue weighted by Gasteiger charge is 2.29. The second kappa shape index (κ2) is 5.53. The standard InChI is InChI=1S/C15H21NO2/c1-3-11(2)16-9-5-8-14(16)12-6-4-7-13(10-12)15(17)18/h4,6-7,10-11,14H,3,5,8-9H2,1-2H3,(H,17,18). The zero-order valence-electron chi connectivity index (χ0n) is 11.1. The predicted molar refractivity (Wildman–Crippen MR) is 71.8 cm³/mol. The molecule has 0 amide bonds. The van der Waals surface area contributed by atoms with Crippen LogP contribution in [0.2, 0.25) is 0 Å². The molecule has 98 valence electrons. The lowest BCUT2D eigenvalue weighted by atomic mass is 10.0. The molecular formula is C15H21NO2. The van der Waals surface area contributed by atoms with E-state index in [1.165, 1.54) is 6.42 Å². The Kier molecular flexibility index (Phi) is 4.02. The number of aromatic carboxylic acids is 1. The summed E-state index contributed by atoms with van der Waals surface area (Å²) in [6, 6.07) is 8.34. The Hall–Kier alpha value is -1.35. The van der Waals surface area contributed by atoms with Gasteiger partial charge < -0.3 is 5.11 Å². The van der Waals surface area contributed by atoms with Crippen molar-refractivity contribution in [2.24, 2.45) is 0 Å². The molecule has 18 heavy (non-hydrogen) atoms. The second-order valence-electron chi connectivity index (χ2n) is 5.08. The Bertz CT molecular complexity index is 430. The Morgan fingerprint density at radius 2 is 2.33 bits per heavy atom. The van der Waals surface area contributed by atoms with E-state index in [2.05, 4.69) is 24.8 Å². The number of likely N-dealkylation sites (tertiary alicyclic amines) is 1. The van der Waals surface area contributed by atoms with Crippen molar-refractivity contribution in [1.29, 1.82) is 0 Å². The molecule has 0 bridgehead atoms. The molecule has 1 aromatic carbocycles. The maximum Gasteiger partial charge on any atom is 0.335 e. The van der Waals surface area contributed by atoms with Crippen molar-refractivity contribution in [1.82, 2.24) is 4.90 Å². The molecule has 0 aliphatic carbocycles. The van der Waals surface area contributed by atoms with E-state index in [1.54, 1.807) is 6.07 Å². The zero-order chi connectivity index (χ0) is 13.1. The van der Waals surface area contributed by atoms with Gasteiger partial charge in [-0.3, -0.25) is 4.90 Å². The van der Waals surface area contributed by atoms with Gasteiger partial charge in [-0.25, -0.2) is 4.79 Å². The van der Waals surface area contributed by atoms with E-state index < -0.39 is 5.97 Å². The lowest BCUT2D eigenvalue weighted by Crippen LogP contribution is -2.32. The third-order valence-corrected chi connectivity index (χ3v) is 3.97. The molecule has 1 aliphatic heterocycles. The summed E-state index contributed by atoms with van der Waals surface area (Å²) in [5.74, 6) is -0.843. The van der Waals surface area contributed by atoms with Crippen LogP contribution in [0.3, 0.4) is 0 Å². The number of benzene rings is 1. The number of carboxylic acid groups (broad SMARTS) is 1. The Morgan fingerprint density at radius 3 is 3.00 bits per heavy atom. The molecule has 2 atom stereocenters. The SMILES string of the molecule is CCC(C)N1CCCC1c1cccc(C(=O)O)c1. The summed E-state index contributed by atoms with van der Waals surface area (Å²) in [6.07, 6.45) is 3.47. The molecule has 2 unspecified atom stereocenters. The topological polar surface area (TPSA) is 40.5 Å². The van der Waals surface area contributed by atoms with Crippen LogP contribution < -0.4 is 0 Å². The lowest BCUT2D eigenvalue weighted by molar-refractivity contribution is 0.0696. The molecule has 3 heteroatoms. The number of carbonyl (C=O) groups is 1. The number of hydrogen-bond acceptors (Lipinski definition) is 2. The van der Waals surface area contributed by atoms with Crippen LogP contribution in [0.4, 0.5) is 0 Å². The quantitative estimate of drug-likeness (QED) is 0.887. The molecule has 0 aromatic heterocycles. The van der Waals surface area contributed by atoms with Gasteiger partial charge in [0.2, 0.25) is 0 Å². The van der Waals surface area contributed by atoms with Crippen LogP contribution >= 0.6 is 0 Å². The monoisotopic (exact) mass is 247 g/mol. The minimum absolute atomic E-state index is 0.388. The predicted octanol–water partition coefficient (Wildman–Crippen LogP) is 3.32. The summed E-state index contributed by atoms with van der Waals surface area (Å²) in [5.41, 5.74) is 1.54. The first kappa shape index (κ1) is 13.1. The van der Waals surface area contributed by atoms with E-state index in [9.17, 15) is 4.79 Å². The minimum Gasteiger partial charge on any atom is -0.478 e. The molecule has 1 saturated heterocycles. The molecule has 3 nitrogen and oxygen atoms in total. The van der Waals surface area contributed by atoms with Gasteiger partial charge in [-0.15, -0.1) is 0 Å². The average Bonchev–Trinajstić information content (AvgIpc) is 2.87. The first-order valence-corrected chi connectivity index (χ1v) is 6.72. The first-order valence-electron chi connectivity index (χ1n) is 6.72. The summed E-state index contributed by atoms with van der Waals surface area (Å²) in [7, 11) is 0. The van der Waals surface area contributed by atoms with Crippen molar-refractivity contribution in [3.05, 3.63) is 35.4 Å². The van der Waals surface area contributed by atoms with Gasteiger partial charge in [0.05, 0.1) is 5.56 Å². The van der Waals surface area contributed by atoms with Crippen molar-refractivity contribution in [2.75, 3.05) is 6.54 Å². The Labute approximate surface area is 108 Å². The average molecular weight is 247 g/mol. The van der Waals surface area contributed by atoms with Crippen molar-refractivity contribution in [3.63, 3.8) is 0 Å². The molecule has 1 aromatic rings. The normalized spacial score (nSPS) is 22.0. The third-order valence-electron chi connectivity index (χ3n) is 3.97. The van der Waals surface area contributed by atoms with Crippen LogP contribution in [0, 0.1) is 0 Å². The van der Waals surface area contributed by atoms with E-state index in [4.69, 9.17) is 5.11 Å². The molecule has 0 spiro atoms. The molecule has 1 heterocycles. The highest BCUT2D eigenvalue weighted by Crippen LogP contribution is 2.34. The van der Waals surface area contributed by atoms with Gasteiger partial charge >= 0.3 is 5.97 Å². The van der Waals surface area contributed by atoms with Crippen LogP contribution in [0.15, 0.2) is 24.3 Å². The van der Waals surface area contributed by atoms with Gasteiger partial charge in [0, 0.05) is 12.1 Å². The fourth-order valence-corrected chi connectivity index (χ4v) is 2.79. The largest absolute Gasteiger partial charge is 0.478 e. The molecule has 1 aliphatic rings. The molecule has 0 radical (unpaired) electrons. The van der Waals surface area contributed by atoms with Crippen molar-refractivity contribution < 1.29 is 9.90 Å². The van der Waals surface area contributed by atoms with Crippen LogP contribution in [0.5, 0.6) is 0 Å². The van der Waals surface area contributed by atoms with Crippen LogP contribution in [0.1, 0.15) is 55.1 Å². The van der Waals surface area contributed by atoms with E-state index in [-0.39, 0.29) is 0 Å². The molecular weight excluding hydrogens is 226 g/mol. The Morgan fingerprint density at radius 1 is 1.56 bits per heavy atom. The summed E-state index contributed by atoms with van der Waals surface area (Å²) >= 11 is 0. The van der Waals surface area contributed by atoms with E-state index in [0.717, 1.165) is 24.9 Å². The number of carboxylic acids is 1. The van der Waals surface area contributed by atoms with Crippen molar-refractivity contribution >= 4 is 5.97 Å². The van der Waals surface area contributed by atoms with Gasteiger partial charge in [0.15, 0.2) is 0 Å². The number of nitrogens with zero attached hydrogens (tertiary/aromatic N) is 1. The lowest BCUT2D eigenvalue weighted by Gasteiger charge is -2.30. The van der Waals surface area contributed by atoms with Crippen LogP contribution in [-0.4, -0.2) is 28.6 Å². The number of rotatable bonds is 4. The summed E-state index contributed by atoms with van der Waals surface area (Å²) in [4.78, 5) is 13.5. The molecule has 1 N–H and O–H groups in total. The zero-order valence-corrected chi connectivity index (χ0v) is 11.1. The molecule has 2 rings (SSSR count). The van der Waals surface area contributed by atoms with Gasteiger partial charge in [-0.2, -0.15) is 0 Å². The third kappa shape index (κ3) is 2.56. The molecule has 0 saturated carbocycles. The highest BCUT2D eigenvalue weighted by atomic mass is 16.4. The van der Waals surface area contributed by atoms with Crippen molar-refractivity contribution in [2.45, 2.75) is 45.2 Å². The Balaban J connectivity index is 2.24. The molecule has 1 fully saturated rings. The smallest absolute Gasteiger partial charge is 0.335 e. The van der Waals surface area contributed by atoms with E-state index in [1.807, 2.05) is 12.1 Å². The van der Waals surface area contributed by atoms with Crippen LogP contribution in [0.25, 0.3) is 0 Å². The fourth-order valence-electron chi connectivity index (χ4n) is 2.79. The van der Waals surface area contributed by atoms with Crippen molar-refractivity contribution in [3.8, 4) is 0 Å². The van der Waals surface area contributed by atoms with Gasteiger partial charge in [0.25, 0.3) is 0 Å². The maximum absolute atomic E-state index is 11.0. The minimum atomic E-state index is -0.843. The second-order valence-corrected chi connectivity index (χ2v) is 5.08. The fraction of sp³-hybridized carbons (Fsp3) is 0.533. The maximum atomic E-state index is 11.0. The highest BCUT2D eigenvalue weighted by molar-refractivity contribution is 5.87. The summed E-state index contributed by atoms with van der Waals surface area (Å²) in [5, 5.41) is 9.06. The van der Waals surface area contributed by atoms with Gasteiger partial charge in [0.1, 0.15) is 0 Å². The van der Waals surface area contributed by atoms with E-state index in [0.29, 0.717) is 17.6 Å². The summed E-state index contributed by atoms with van der Waals surface area (Å²) < 4.78 is 0. The van der Waals surface area contributed by atoms with Crippen LogP contribution in [-0.2, 0) is 0 Å². The first-order chi connectivity index (χ1) is 8.63. The van der Waals surface area contributed by atoms with Gasteiger partial charge in [-0.05, 0) is 50.4 Å². The van der Waals surface area contributed by atoms with E-state index >= 15 is 0 Å².